The summed E-state index contributed by atoms with van der Waals surface area (Å²) in [5.41, 5.74) is 0.978. The molecule has 1 aromatic heterocycles. The minimum Gasteiger partial charge on any atom is -0.493 e. The lowest BCUT2D eigenvalue weighted by Crippen LogP contribution is -2.42. The Bertz CT molecular complexity index is 777. The second kappa shape index (κ2) is 12.7. The number of para-hydroxylation sites is 1. The number of rotatable bonds is 9. The van der Waals surface area contributed by atoms with Gasteiger partial charge in [-0.15, -0.1) is 24.0 Å². The molecule has 1 aliphatic rings. The van der Waals surface area contributed by atoms with Crippen molar-refractivity contribution >= 4 is 29.9 Å². The number of methoxy groups -OCH3 is 2. The van der Waals surface area contributed by atoms with Gasteiger partial charge in [0.2, 0.25) is 0 Å². The second-order valence-corrected chi connectivity index (χ2v) is 7.00. The Morgan fingerprint density at radius 1 is 1.13 bits per heavy atom. The van der Waals surface area contributed by atoms with Crippen LogP contribution in [0.2, 0.25) is 0 Å². The summed E-state index contributed by atoms with van der Waals surface area (Å²) in [5.74, 6) is 3.20. The zero-order chi connectivity index (χ0) is 20.5. The highest BCUT2D eigenvalue weighted by Crippen LogP contribution is 2.31. The van der Waals surface area contributed by atoms with Gasteiger partial charge in [-0.3, -0.25) is 4.90 Å². The third kappa shape index (κ3) is 6.28. The zero-order valence-corrected chi connectivity index (χ0v) is 20.3. The van der Waals surface area contributed by atoms with Crippen LogP contribution in [0.4, 0.5) is 0 Å². The van der Waals surface area contributed by atoms with Crippen LogP contribution < -0.4 is 20.1 Å². The standard InChI is InChI=1S/C22H32N4O3.HI/c1-4-23-22(24-15-17-9-7-10-20(27-2)21(17)28-3)25-16-18(19-11-8-14-29-19)26-12-5-6-13-26;/h7-11,14,18H,4-6,12-13,15-16H2,1-3H3,(H2,23,24,25);1H. The number of furan rings is 1. The number of benzene rings is 1. The van der Waals surface area contributed by atoms with Gasteiger partial charge in [0.25, 0.3) is 0 Å². The maximum Gasteiger partial charge on any atom is 0.191 e. The molecule has 1 aliphatic heterocycles. The van der Waals surface area contributed by atoms with Gasteiger partial charge >= 0.3 is 0 Å². The normalized spacial score (nSPS) is 15.4. The summed E-state index contributed by atoms with van der Waals surface area (Å²) in [5, 5.41) is 6.82. The summed E-state index contributed by atoms with van der Waals surface area (Å²) in [6.07, 6.45) is 4.22. The Kier molecular flexibility index (Phi) is 10.3. The molecule has 8 heteroatoms. The molecule has 1 saturated heterocycles. The monoisotopic (exact) mass is 528 g/mol. The first-order valence-electron chi connectivity index (χ1n) is 10.3. The zero-order valence-electron chi connectivity index (χ0n) is 18.0. The number of nitrogens with one attached hydrogen (secondary N) is 2. The Hall–Kier alpha value is -1.94. The van der Waals surface area contributed by atoms with Crippen molar-refractivity contribution in [2.75, 3.05) is 40.4 Å². The summed E-state index contributed by atoms with van der Waals surface area (Å²) in [6, 6.07) is 10.0. The molecule has 1 atom stereocenters. The summed E-state index contributed by atoms with van der Waals surface area (Å²) in [7, 11) is 3.29. The van der Waals surface area contributed by atoms with Crippen molar-refractivity contribution in [2.24, 2.45) is 4.99 Å². The summed E-state index contributed by atoms with van der Waals surface area (Å²) in [6.45, 7) is 6.27. The van der Waals surface area contributed by atoms with Crippen molar-refractivity contribution in [1.82, 2.24) is 15.5 Å². The van der Waals surface area contributed by atoms with Crippen LogP contribution in [0.5, 0.6) is 11.5 Å². The fourth-order valence-electron chi connectivity index (χ4n) is 3.72. The van der Waals surface area contributed by atoms with Crippen molar-refractivity contribution in [3.63, 3.8) is 0 Å². The van der Waals surface area contributed by atoms with Crippen molar-refractivity contribution in [1.29, 1.82) is 0 Å². The van der Waals surface area contributed by atoms with E-state index in [0.717, 1.165) is 49.2 Å². The van der Waals surface area contributed by atoms with Crippen LogP contribution >= 0.6 is 24.0 Å². The van der Waals surface area contributed by atoms with Crippen molar-refractivity contribution in [2.45, 2.75) is 32.4 Å². The van der Waals surface area contributed by atoms with E-state index in [2.05, 4.69) is 28.5 Å². The molecule has 1 unspecified atom stereocenters. The van der Waals surface area contributed by atoms with Gasteiger partial charge in [-0.1, -0.05) is 12.1 Å². The molecule has 0 aliphatic carbocycles. The maximum atomic E-state index is 5.71. The van der Waals surface area contributed by atoms with Crippen molar-refractivity contribution in [3.05, 3.63) is 47.9 Å². The average Bonchev–Trinajstić information content (AvgIpc) is 3.46. The van der Waals surface area contributed by atoms with Crippen LogP contribution in [-0.4, -0.2) is 51.3 Å². The molecule has 0 saturated carbocycles. The molecule has 30 heavy (non-hydrogen) atoms. The Morgan fingerprint density at radius 3 is 2.57 bits per heavy atom. The Balaban J connectivity index is 0.00000320. The number of ether oxygens (including phenoxy) is 2. The van der Waals surface area contributed by atoms with E-state index in [4.69, 9.17) is 18.9 Å². The van der Waals surface area contributed by atoms with E-state index in [-0.39, 0.29) is 30.0 Å². The smallest absolute Gasteiger partial charge is 0.191 e. The van der Waals surface area contributed by atoms with Gasteiger partial charge in [0, 0.05) is 18.7 Å². The molecule has 166 valence electrons. The Labute approximate surface area is 196 Å². The number of nitrogens with zero attached hydrogens (tertiary/aromatic N) is 2. The highest BCUT2D eigenvalue weighted by Gasteiger charge is 2.25. The number of hydrogen-bond acceptors (Lipinski definition) is 5. The first-order chi connectivity index (χ1) is 14.3. The highest BCUT2D eigenvalue weighted by molar-refractivity contribution is 14.0. The predicted molar refractivity (Wildman–Crippen MR) is 130 cm³/mol. The van der Waals surface area contributed by atoms with Gasteiger partial charge in [0.15, 0.2) is 17.5 Å². The lowest BCUT2D eigenvalue weighted by atomic mass is 10.2. The van der Waals surface area contributed by atoms with Gasteiger partial charge < -0.3 is 24.5 Å². The molecule has 2 N–H and O–H groups in total. The van der Waals surface area contributed by atoms with Crippen molar-refractivity contribution in [3.8, 4) is 11.5 Å². The van der Waals surface area contributed by atoms with Crippen LogP contribution in [0.3, 0.4) is 0 Å². The van der Waals surface area contributed by atoms with E-state index in [1.165, 1.54) is 12.8 Å². The van der Waals surface area contributed by atoms with Crippen LogP contribution in [0, 0.1) is 0 Å². The molecule has 1 aromatic carbocycles. The van der Waals surface area contributed by atoms with E-state index >= 15 is 0 Å². The molecule has 3 rings (SSSR count). The summed E-state index contributed by atoms with van der Waals surface area (Å²) >= 11 is 0. The first-order valence-corrected chi connectivity index (χ1v) is 10.3. The molecular formula is C22H33IN4O3. The number of hydrogen-bond donors (Lipinski definition) is 2. The SMILES string of the molecule is CCNC(=NCc1cccc(OC)c1OC)NCC(c1ccco1)N1CCCC1.I. The van der Waals surface area contributed by atoms with E-state index in [1.54, 1.807) is 20.5 Å². The number of aliphatic imine (C=N–C) groups is 1. The number of likely N-dealkylation sites (tertiary alicyclic amines) is 1. The predicted octanol–water partition coefficient (Wildman–Crippen LogP) is 3.81. The van der Waals surface area contributed by atoms with E-state index in [0.29, 0.717) is 12.3 Å². The second-order valence-electron chi connectivity index (χ2n) is 7.00. The van der Waals surface area contributed by atoms with Gasteiger partial charge in [0.05, 0.1) is 33.1 Å². The summed E-state index contributed by atoms with van der Waals surface area (Å²) < 4.78 is 16.6. The third-order valence-corrected chi connectivity index (χ3v) is 5.15. The molecule has 2 heterocycles. The minimum absolute atomic E-state index is 0. The summed E-state index contributed by atoms with van der Waals surface area (Å²) in [4.78, 5) is 7.23. The van der Waals surface area contributed by atoms with Gasteiger partial charge in [-0.25, -0.2) is 4.99 Å². The van der Waals surface area contributed by atoms with Crippen molar-refractivity contribution < 1.29 is 13.9 Å². The lowest BCUT2D eigenvalue weighted by molar-refractivity contribution is 0.215. The topological polar surface area (TPSA) is 71.3 Å². The van der Waals surface area contributed by atoms with Gasteiger partial charge in [0.1, 0.15) is 5.76 Å². The maximum absolute atomic E-state index is 5.71. The molecule has 0 amide bonds. The van der Waals surface area contributed by atoms with Crippen LogP contribution in [0.15, 0.2) is 46.0 Å². The fourth-order valence-corrected chi connectivity index (χ4v) is 3.72. The average molecular weight is 528 g/mol. The fraction of sp³-hybridized carbons (Fsp3) is 0.500. The van der Waals surface area contributed by atoms with Gasteiger partial charge in [-0.2, -0.15) is 0 Å². The molecular weight excluding hydrogens is 495 g/mol. The highest BCUT2D eigenvalue weighted by atomic mass is 127. The first kappa shape index (κ1) is 24.3. The largest absolute Gasteiger partial charge is 0.493 e. The van der Waals surface area contributed by atoms with Crippen LogP contribution in [-0.2, 0) is 6.54 Å². The molecule has 1 fully saturated rings. The van der Waals surface area contributed by atoms with E-state index < -0.39 is 0 Å². The van der Waals surface area contributed by atoms with Crippen LogP contribution in [0.25, 0.3) is 0 Å². The molecule has 0 bridgehead atoms. The quantitative estimate of drug-likeness (QED) is 0.293. The molecule has 2 aromatic rings. The third-order valence-electron chi connectivity index (χ3n) is 5.15. The number of halogens is 1. The number of guanidine groups is 1. The Morgan fingerprint density at radius 2 is 1.93 bits per heavy atom. The molecule has 7 nitrogen and oxygen atoms in total. The van der Waals surface area contributed by atoms with Crippen LogP contribution in [0.1, 0.15) is 37.1 Å². The molecule has 0 spiro atoms. The van der Waals surface area contributed by atoms with E-state index in [9.17, 15) is 0 Å². The van der Waals surface area contributed by atoms with Gasteiger partial charge in [-0.05, 0) is 51.1 Å². The molecule has 0 radical (unpaired) electrons. The minimum atomic E-state index is 0. The van der Waals surface area contributed by atoms with E-state index in [1.807, 2.05) is 24.3 Å². The lowest BCUT2D eigenvalue weighted by Gasteiger charge is -2.26.